The smallest absolute Gasteiger partial charge is 0.276 e. The quantitative estimate of drug-likeness (QED) is 0.518. The number of benzene rings is 2. The number of amides is 2. The number of aromatic amines is 1. The number of rotatable bonds is 6. The highest BCUT2D eigenvalue weighted by Gasteiger charge is 2.17. The van der Waals surface area contributed by atoms with Crippen molar-refractivity contribution in [3.63, 3.8) is 0 Å². The van der Waals surface area contributed by atoms with E-state index in [-0.39, 0.29) is 23.2 Å². The molecule has 0 aliphatic rings. The molecular weight excluding hydrogens is 376 g/mol. The summed E-state index contributed by atoms with van der Waals surface area (Å²) in [5.41, 5.74) is 3.44. The average Bonchev–Trinajstić information content (AvgIpc) is 3.22. The molecule has 2 aromatic heterocycles. The molecule has 0 aliphatic carbocycles. The summed E-state index contributed by atoms with van der Waals surface area (Å²) in [5.74, 6) is -0.568. The zero-order chi connectivity index (χ0) is 20.9. The van der Waals surface area contributed by atoms with Crippen molar-refractivity contribution in [1.29, 1.82) is 0 Å². The number of carbonyl (C=O) groups is 2. The third-order valence-corrected chi connectivity index (χ3v) is 5.00. The van der Waals surface area contributed by atoms with Crippen LogP contribution in [0.3, 0.4) is 0 Å². The zero-order valence-corrected chi connectivity index (χ0v) is 16.6. The highest BCUT2D eigenvalue weighted by molar-refractivity contribution is 6.05. The zero-order valence-electron chi connectivity index (χ0n) is 16.6. The number of hydrogen-bond donors (Lipinski definition) is 2. The Morgan fingerprint density at radius 3 is 2.50 bits per heavy atom. The number of aromatic nitrogens is 2. The maximum Gasteiger partial charge on any atom is 0.276 e. The second-order valence-corrected chi connectivity index (χ2v) is 6.97. The van der Waals surface area contributed by atoms with Crippen LogP contribution in [0.25, 0.3) is 10.9 Å². The summed E-state index contributed by atoms with van der Waals surface area (Å²) < 4.78 is 0. The van der Waals surface area contributed by atoms with Crippen LogP contribution in [0.1, 0.15) is 26.5 Å². The van der Waals surface area contributed by atoms with Gasteiger partial charge >= 0.3 is 0 Å². The van der Waals surface area contributed by atoms with Crippen LogP contribution in [-0.2, 0) is 6.42 Å². The Bertz CT molecular complexity index is 1180. The Morgan fingerprint density at radius 2 is 1.67 bits per heavy atom. The third-order valence-electron chi connectivity index (χ3n) is 5.00. The first kappa shape index (κ1) is 19.4. The number of H-pyrrole nitrogens is 1. The van der Waals surface area contributed by atoms with Crippen molar-refractivity contribution < 1.29 is 9.59 Å². The van der Waals surface area contributed by atoms with Crippen LogP contribution in [0, 0.1) is 0 Å². The summed E-state index contributed by atoms with van der Waals surface area (Å²) in [4.78, 5) is 34.3. The summed E-state index contributed by atoms with van der Waals surface area (Å²) >= 11 is 0. The fourth-order valence-electron chi connectivity index (χ4n) is 3.36. The number of nitrogens with one attached hydrogen (secondary N) is 2. The van der Waals surface area contributed by atoms with E-state index in [4.69, 9.17) is 0 Å². The minimum atomic E-state index is -0.299. The van der Waals surface area contributed by atoms with Crippen LogP contribution < -0.4 is 10.2 Å². The van der Waals surface area contributed by atoms with Gasteiger partial charge in [0.1, 0.15) is 11.4 Å². The molecule has 0 saturated carbocycles. The first-order valence-electron chi connectivity index (χ1n) is 9.77. The highest BCUT2D eigenvalue weighted by atomic mass is 16.2. The van der Waals surface area contributed by atoms with Gasteiger partial charge in [-0.1, -0.05) is 42.5 Å². The predicted molar refractivity (Wildman–Crippen MR) is 118 cm³/mol. The van der Waals surface area contributed by atoms with Gasteiger partial charge in [-0.2, -0.15) is 0 Å². The van der Waals surface area contributed by atoms with Crippen LogP contribution in [0.2, 0.25) is 0 Å². The number of fused-ring (bicyclic) bond motifs is 1. The minimum absolute atomic E-state index is 0.223. The number of para-hydroxylation sites is 2. The Hall–Kier alpha value is -3.93. The normalized spacial score (nSPS) is 10.7. The number of pyridine rings is 1. The Morgan fingerprint density at radius 1 is 0.933 bits per heavy atom. The van der Waals surface area contributed by atoms with Crippen molar-refractivity contribution in [3.8, 4) is 0 Å². The summed E-state index contributed by atoms with van der Waals surface area (Å²) in [6, 6.07) is 22.3. The van der Waals surface area contributed by atoms with Gasteiger partial charge in [-0.15, -0.1) is 0 Å². The molecule has 30 heavy (non-hydrogen) atoms. The number of hydrogen-bond acceptors (Lipinski definition) is 3. The monoisotopic (exact) mass is 398 g/mol. The van der Waals surface area contributed by atoms with Crippen molar-refractivity contribution in [3.05, 3.63) is 95.9 Å². The van der Waals surface area contributed by atoms with Crippen molar-refractivity contribution in [2.45, 2.75) is 6.42 Å². The number of carbonyl (C=O) groups excluding carboxylic acids is 2. The molecule has 4 aromatic rings. The van der Waals surface area contributed by atoms with Gasteiger partial charge in [-0.05, 0) is 42.3 Å². The Labute approximate surface area is 174 Å². The maximum absolute atomic E-state index is 12.7. The van der Waals surface area contributed by atoms with Gasteiger partial charge in [0.25, 0.3) is 11.8 Å². The third kappa shape index (κ3) is 4.07. The fraction of sp³-hybridized carbons (Fsp3) is 0.125. The lowest BCUT2D eigenvalue weighted by atomic mass is 10.1. The maximum atomic E-state index is 12.7. The van der Waals surface area contributed by atoms with Crippen molar-refractivity contribution in [2.75, 3.05) is 18.5 Å². The lowest BCUT2D eigenvalue weighted by Gasteiger charge is -2.17. The molecule has 0 saturated heterocycles. The Kier molecular flexibility index (Phi) is 5.57. The van der Waals surface area contributed by atoms with E-state index in [9.17, 15) is 9.59 Å². The van der Waals surface area contributed by atoms with Crippen LogP contribution in [0.4, 0.5) is 5.69 Å². The summed E-state index contributed by atoms with van der Waals surface area (Å²) in [5, 5.41) is 4.04. The van der Waals surface area contributed by atoms with Gasteiger partial charge in [0.15, 0.2) is 0 Å². The van der Waals surface area contributed by atoms with Crippen molar-refractivity contribution in [2.24, 2.45) is 0 Å². The summed E-state index contributed by atoms with van der Waals surface area (Å²) in [6.07, 6.45) is 2.67. The van der Waals surface area contributed by atoms with E-state index in [0.29, 0.717) is 13.0 Å². The molecule has 2 amide bonds. The molecule has 150 valence electrons. The van der Waals surface area contributed by atoms with Gasteiger partial charge in [-0.25, -0.2) is 4.98 Å². The average molecular weight is 398 g/mol. The van der Waals surface area contributed by atoms with Gasteiger partial charge < -0.3 is 15.2 Å². The molecule has 0 atom stereocenters. The standard InChI is InChI=1S/C24H22N4O2/c1-28(18-8-3-2-4-9-18)24(30)22-13-7-12-21(27-22)23(29)25-15-14-17-16-26-20-11-6-5-10-19(17)20/h2-13,16,26H,14-15H2,1H3,(H,25,29). The van der Waals surface area contributed by atoms with E-state index in [1.54, 1.807) is 25.2 Å². The SMILES string of the molecule is CN(C(=O)c1cccc(C(=O)NCCc2c[nH]c3ccccc23)n1)c1ccccc1. The number of nitrogens with zero attached hydrogens (tertiary/aromatic N) is 2. The molecule has 0 unspecified atom stereocenters. The molecule has 6 nitrogen and oxygen atoms in total. The second-order valence-electron chi connectivity index (χ2n) is 6.97. The lowest BCUT2D eigenvalue weighted by molar-refractivity contribution is 0.0948. The summed E-state index contributed by atoms with van der Waals surface area (Å²) in [7, 11) is 1.69. The van der Waals surface area contributed by atoms with Crippen LogP contribution in [0.15, 0.2) is 79.0 Å². The van der Waals surface area contributed by atoms with E-state index < -0.39 is 0 Å². The molecule has 2 aromatic carbocycles. The minimum Gasteiger partial charge on any atom is -0.361 e. The van der Waals surface area contributed by atoms with E-state index >= 15 is 0 Å². The van der Waals surface area contributed by atoms with Crippen LogP contribution in [0.5, 0.6) is 0 Å². The molecule has 0 radical (unpaired) electrons. The Balaban J connectivity index is 1.40. The molecule has 2 N–H and O–H groups in total. The highest BCUT2D eigenvalue weighted by Crippen LogP contribution is 2.18. The topological polar surface area (TPSA) is 78.1 Å². The predicted octanol–water partition coefficient (Wildman–Crippen LogP) is 3.81. The van der Waals surface area contributed by atoms with Gasteiger partial charge in [0.2, 0.25) is 0 Å². The summed E-state index contributed by atoms with van der Waals surface area (Å²) in [6.45, 7) is 0.477. The molecule has 4 rings (SSSR count). The van der Waals surface area contributed by atoms with Gasteiger partial charge in [-0.3, -0.25) is 9.59 Å². The lowest BCUT2D eigenvalue weighted by Crippen LogP contribution is -2.29. The molecule has 0 fully saturated rings. The first-order chi connectivity index (χ1) is 14.6. The van der Waals surface area contributed by atoms with E-state index in [1.165, 1.54) is 4.90 Å². The molecular formula is C24H22N4O2. The molecule has 0 spiro atoms. The molecule has 6 heteroatoms. The molecule has 0 bridgehead atoms. The van der Waals surface area contributed by atoms with Crippen molar-refractivity contribution in [1.82, 2.24) is 15.3 Å². The largest absolute Gasteiger partial charge is 0.361 e. The van der Waals surface area contributed by atoms with Crippen molar-refractivity contribution >= 4 is 28.4 Å². The van der Waals surface area contributed by atoms with E-state index in [2.05, 4.69) is 21.4 Å². The fourth-order valence-corrected chi connectivity index (χ4v) is 3.36. The van der Waals surface area contributed by atoms with Gasteiger partial charge in [0, 0.05) is 36.4 Å². The first-order valence-corrected chi connectivity index (χ1v) is 9.77. The van der Waals surface area contributed by atoms with E-state index in [1.807, 2.05) is 54.7 Å². The molecule has 0 aliphatic heterocycles. The van der Waals surface area contributed by atoms with E-state index in [0.717, 1.165) is 22.2 Å². The van der Waals surface area contributed by atoms with Gasteiger partial charge in [0.05, 0.1) is 0 Å². The molecule has 2 heterocycles. The van der Waals surface area contributed by atoms with Crippen LogP contribution in [-0.4, -0.2) is 35.4 Å². The number of anilines is 1. The van der Waals surface area contributed by atoms with Crippen LogP contribution >= 0.6 is 0 Å². The second kappa shape index (κ2) is 8.61.